The van der Waals surface area contributed by atoms with E-state index in [0.29, 0.717) is 0 Å². The highest BCUT2D eigenvalue weighted by molar-refractivity contribution is 6.21. The Morgan fingerprint density at radius 2 is 0.667 bits per heavy atom. The van der Waals surface area contributed by atoms with Crippen molar-refractivity contribution in [1.29, 1.82) is 0 Å². The number of rotatable bonds is 11. The van der Waals surface area contributed by atoms with Gasteiger partial charge in [0.2, 0.25) is 0 Å². The smallest absolute Gasteiger partial charge is 0.0542 e. The summed E-state index contributed by atoms with van der Waals surface area (Å²) in [4.78, 5) is 2.41. The molecular weight excluding hydrogens is 977 g/mol. The molecule has 2 heteroatoms. The highest BCUT2D eigenvalue weighted by Gasteiger charge is 2.25. The summed E-state index contributed by atoms with van der Waals surface area (Å²) in [5.74, 6) is 0.0352. The molecule has 13 aromatic carbocycles. The SMILES string of the molecule is Cc1cc(-c2ccc3c(c2)c2cc(-c4cc(C)c(C)cc4N(c4ccccc4)c4ccccc4)ccc2n3-c2ccc(-c3c4ccccc4c(-c4ccccc4)c4ccccc34)cc2)c(C(c2ccccc2)c2ccccc2)cc1C. The van der Waals surface area contributed by atoms with Gasteiger partial charge in [0, 0.05) is 39.3 Å². The van der Waals surface area contributed by atoms with E-state index in [2.05, 4.69) is 322 Å². The van der Waals surface area contributed by atoms with E-state index in [9.17, 15) is 0 Å². The molecule has 0 radical (unpaired) electrons. The number of benzene rings is 13. The molecule has 14 rings (SSSR count). The molecule has 0 aliphatic heterocycles. The molecule has 0 bridgehead atoms. The van der Waals surface area contributed by atoms with E-state index < -0.39 is 0 Å². The molecule has 0 unspecified atom stereocenters. The van der Waals surface area contributed by atoms with Crippen molar-refractivity contribution < 1.29 is 0 Å². The topological polar surface area (TPSA) is 8.17 Å². The van der Waals surface area contributed by atoms with Crippen LogP contribution in [-0.4, -0.2) is 4.57 Å². The molecule has 0 aliphatic carbocycles. The second-order valence-corrected chi connectivity index (χ2v) is 21.8. The maximum absolute atomic E-state index is 2.48. The lowest BCUT2D eigenvalue weighted by molar-refractivity contribution is 0.975. The third-order valence-corrected chi connectivity index (χ3v) is 16.9. The van der Waals surface area contributed by atoms with Gasteiger partial charge in [0.1, 0.15) is 0 Å². The molecule has 0 amide bonds. The molecule has 0 fully saturated rings. The summed E-state index contributed by atoms with van der Waals surface area (Å²) in [6, 6.07) is 106. The van der Waals surface area contributed by atoms with Crippen molar-refractivity contribution in [3.8, 4) is 50.2 Å². The summed E-state index contributed by atoms with van der Waals surface area (Å²) < 4.78 is 2.48. The Labute approximate surface area is 475 Å². The van der Waals surface area contributed by atoms with Crippen molar-refractivity contribution in [2.45, 2.75) is 33.6 Å². The minimum absolute atomic E-state index is 0.0352. The summed E-state index contributed by atoms with van der Waals surface area (Å²) in [5, 5.41) is 7.40. The van der Waals surface area contributed by atoms with Crippen LogP contribution < -0.4 is 4.90 Å². The van der Waals surface area contributed by atoms with Gasteiger partial charge in [0.25, 0.3) is 0 Å². The summed E-state index contributed by atoms with van der Waals surface area (Å²) in [6.07, 6.45) is 0. The van der Waals surface area contributed by atoms with E-state index in [-0.39, 0.29) is 5.92 Å². The molecule has 81 heavy (non-hydrogen) atoms. The summed E-state index contributed by atoms with van der Waals surface area (Å²) in [7, 11) is 0. The first-order chi connectivity index (χ1) is 39.9. The van der Waals surface area contributed by atoms with Gasteiger partial charge in [-0.05, 0) is 200 Å². The molecule has 0 spiro atoms. The van der Waals surface area contributed by atoms with Crippen molar-refractivity contribution in [2.24, 2.45) is 0 Å². The van der Waals surface area contributed by atoms with Gasteiger partial charge in [-0.2, -0.15) is 0 Å². The average molecular weight is 1040 g/mol. The van der Waals surface area contributed by atoms with Gasteiger partial charge in [-0.15, -0.1) is 0 Å². The minimum Gasteiger partial charge on any atom is -0.310 e. The Balaban J connectivity index is 0.994. The number of aromatic nitrogens is 1. The van der Waals surface area contributed by atoms with E-state index in [1.807, 2.05) is 0 Å². The van der Waals surface area contributed by atoms with Crippen LogP contribution in [0.1, 0.15) is 44.9 Å². The van der Waals surface area contributed by atoms with Crippen LogP contribution in [0.2, 0.25) is 0 Å². The first-order valence-corrected chi connectivity index (χ1v) is 28.3. The molecule has 0 saturated carbocycles. The Bertz CT molecular complexity index is 4310. The number of hydrogen-bond donors (Lipinski definition) is 0. The van der Waals surface area contributed by atoms with Gasteiger partial charge in [-0.25, -0.2) is 0 Å². The van der Waals surface area contributed by atoms with E-state index in [0.717, 1.165) is 39.3 Å². The van der Waals surface area contributed by atoms with Crippen molar-refractivity contribution in [3.05, 3.63) is 324 Å². The number of aryl methyl sites for hydroxylation is 4. The Kier molecular flexibility index (Phi) is 12.6. The second-order valence-electron chi connectivity index (χ2n) is 21.8. The lowest BCUT2D eigenvalue weighted by Gasteiger charge is -2.29. The largest absolute Gasteiger partial charge is 0.310 e. The van der Waals surface area contributed by atoms with Crippen LogP contribution in [0.25, 0.3) is 93.5 Å². The zero-order valence-corrected chi connectivity index (χ0v) is 46.1. The first kappa shape index (κ1) is 49.3. The van der Waals surface area contributed by atoms with Crippen molar-refractivity contribution in [2.75, 3.05) is 4.90 Å². The molecule has 14 aromatic rings. The lowest BCUT2D eigenvalue weighted by atomic mass is 9.80. The molecule has 0 saturated heterocycles. The quantitative estimate of drug-likeness (QED) is 0.0926. The number of nitrogens with zero attached hydrogens (tertiary/aromatic N) is 2. The molecular formula is C79H60N2. The molecule has 1 heterocycles. The molecule has 1 aromatic heterocycles. The predicted molar refractivity (Wildman–Crippen MR) is 345 cm³/mol. The Hall–Kier alpha value is -10.0. The van der Waals surface area contributed by atoms with E-state index in [1.165, 1.54) is 110 Å². The second kappa shape index (κ2) is 20.7. The van der Waals surface area contributed by atoms with Crippen LogP contribution in [0.15, 0.2) is 285 Å². The molecule has 0 N–H and O–H groups in total. The standard InChI is InChI=1S/C79H60N2/c1-52-46-69(73(48-54(52)3)77(56-24-10-5-11-25-56)57-26-12-6-13-27-57)60-40-44-74-71(50-60)72-51-61(70-47-53(2)55(4)49-76(70)80(62-30-16-8-17-31-62)63-32-18-9-19-33-63)41-45-75(72)81(74)64-42-38-59(39-43-64)79-67-36-22-20-34-65(67)78(58-28-14-7-15-29-58)66-35-21-23-37-68(66)79/h5-51,77H,1-4H3. The zero-order chi connectivity index (χ0) is 54.6. The zero-order valence-electron chi connectivity index (χ0n) is 46.1. The van der Waals surface area contributed by atoms with Crippen molar-refractivity contribution in [3.63, 3.8) is 0 Å². The van der Waals surface area contributed by atoms with Gasteiger partial charge in [-0.1, -0.05) is 212 Å². The third-order valence-electron chi connectivity index (χ3n) is 16.9. The van der Waals surface area contributed by atoms with Crippen molar-refractivity contribution in [1.82, 2.24) is 4.57 Å². The van der Waals surface area contributed by atoms with Gasteiger partial charge in [-0.3, -0.25) is 0 Å². The van der Waals surface area contributed by atoms with Gasteiger partial charge in [0.05, 0.1) is 16.7 Å². The fourth-order valence-electron chi connectivity index (χ4n) is 12.7. The number of anilines is 3. The van der Waals surface area contributed by atoms with E-state index in [4.69, 9.17) is 0 Å². The van der Waals surface area contributed by atoms with Crippen molar-refractivity contribution >= 4 is 60.4 Å². The minimum atomic E-state index is 0.0352. The Morgan fingerprint density at radius 3 is 1.15 bits per heavy atom. The van der Waals surface area contributed by atoms with Gasteiger partial charge >= 0.3 is 0 Å². The van der Waals surface area contributed by atoms with Crippen LogP contribution in [-0.2, 0) is 0 Å². The molecule has 0 atom stereocenters. The lowest BCUT2D eigenvalue weighted by Crippen LogP contribution is -2.11. The summed E-state index contributed by atoms with van der Waals surface area (Å²) >= 11 is 0. The fraction of sp³-hybridized carbons (Fsp3) is 0.0633. The van der Waals surface area contributed by atoms with E-state index >= 15 is 0 Å². The van der Waals surface area contributed by atoms with Crippen LogP contribution >= 0.6 is 0 Å². The first-order valence-electron chi connectivity index (χ1n) is 28.3. The molecule has 2 nitrogen and oxygen atoms in total. The predicted octanol–water partition coefficient (Wildman–Crippen LogP) is 21.6. The van der Waals surface area contributed by atoms with Crippen LogP contribution in [0, 0.1) is 27.7 Å². The maximum Gasteiger partial charge on any atom is 0.0542 e. The van der Waals surface area contributed by atoms with Crippen LogP contribution in [0.3, 0.4) is 0 Å². The van der Waals surface area contributed by atoms with Gasteiger partial charge in [0.15, 0.2) is 0 Å². The average Bonchev–Trinajstić information content (AvgIpc) is 4.14. The maximum atomic E-state index is 2.48. The highest BCUT2D eigenvalue weighted by Crippen LogP contribution is 2.48. The summed E-state index contributed by atoms with van der Waals surface area (Å²) in [5.41, 5.74) is 25.4. The monoisotopic (exact) mass is 1040 g/mol. The highest BCUT2D eigenvalue weighted by atomic mass is 15.1. The third kappa shape index (κ3) is 8.77. The van der Waals surface area contributed by atoms with E-state index in [1.54, 1.807) is 0 Å². The van der Waals surface area contributed by atoms with Crippen LogP contribution in [0.5, 0.6) is 0 Å². The normalized spacial score (nSPS) is 11.6. The molecule has 0 aliphatic rings. The Morgan fingerprint density at radius 1 is 0.296 bits per heavy atom. The van der Waals surface area contributed by atoms with Gasteiger partial charge < -0.3 is 9.47 Å². The summed E-state index contributed by atoms with van der Waals surface area (Å²) in [6.45, 7) is 8.97. The van der Waals surface area contributed by atoms with Crippen LogP contribution in [0.4, 0.5) is 17.1 Å². The fourth-order valence-corrected chi connectivity index (χ4v) is 12.7. The number of hydrogen-bond acceptors (Lipinski definition) is 1. The number of fused-ring (bicyclic) bond motifs is 5. The molecule has 386 valence electrons. The number of para-hydroxylation sites is 2.